The van der Waals surface area contributed by atoms with Crippen molar-refractivity contribution in [3.63, 3.8) is 0 Å². The first-order valence-corrected chi connectivity index (χ1v) is 10.00. The quantitative estimate of drug-likeness (QED) is 0.781. The molecule has 1 saturated carbocycles. The van der Waals surface area contributed by atoms with Gasteiger partial charge in [0.15, 0.2) is 0 Å². The van der Waals surface area contributed by atoms with Crippen molar-refractivity contribution in [1.82, 2.24) is 4.90 Å². The molecule has 1 heterocycles. The molecule has 4 rings (SSSR count). The van der Waals surface area contributed by atoms with E-state index in [2.05, 4.69) is 64.4 Å². The van der Waals surface area contributed by atoms with Gasteiger partial charge >= 0.3 is 0 Å². The molecule has 0 N–H and O–H groups in total. The first-order valence-electron chi connectivity index (χ1n) is 10.00. The highest BCUT2D eigenvalue weighted by molar-refractivity contribution is 5.48. The van der Waals surface area contributed by atoms with Crippen LogP contribution in [0.4, 0.5) is 5.69 Å². The van der Waals surface area contributed by atoms with Gasteiger partial charge in [-0.05, 0) is 48.4 Å². The van der Waals surface area contributed by atoms with E-state index in [0.29, 0.717) is 0 Å². The Balaban J connectivity index is 1.26. The first kappa shape index (κ1) is 16.7. The molecule has 1 saturated heterocycles. The number of piperazine rings is 1. The third kappa shape index (κ3) is 4.24. The van der Waals surface area contributed by atoms with Crippen LogP contribution in [0.15, 0.2) is 54.6 Å². The smallest absolute Gasteiger partial charge is 0.0367 e. The van der Waals surface area contributed by atoms with Gasteiger partial charge in [-0.25, -0.2) is 0 Å². The Bertz CT molecular complexity index is 636. The van der Waals surface area contributed by atoms with Crippen LogP contribution in [0.2, 0.25) is 0 Å². The van der Waals surface area contributed by atoms with Crippen molar-refractivity contribution in [2.45, 2.75) is 38.0 Å². The lowest BCUT2D eigenvalue weighted by atomic mass is 9.97. The molecule has 1 aliphatic carbocycles. The molecule has 2 heteroatoms. The van der Waals surface area contributed by atoms with E-state index < -0.39 is 0 Å². The Morgan fingerprint density at radius 2 is 1.44 bits per heavy atom. The van der Waals surface area contributed by atoms with Crippen LogP contribution in [0.3, 0.4) is 0 Å². The number of anilines is 1. The maximum absolute atomic E-state index is 2.61. The summed E-state index contributed by atoms with van der Waals surface area (Å²) in [6.45, 7) is 5.84. The number of hydrogen-bond donors (Lipinski definition) is 0. The molecule has 25 heavy (non-hydrogen) atoms. The number of hydrogen-bond acceptors (Lipinski definition) is 2. The summed E-state index contributed by atoms with van der Waals surface area (Å²) in [5.74, 6) is 0.823. The van der Waals surface area contributed by atoms with Gasteiger partial charge in [0.25, 0.3) is 0 Å². The monoisotopic (exact) mass is 334 g/mol. The highest BCUT2D eigenvalue weighted by Crippen LogP contribution is 2.34. The van der Waals surface area contributed by atoms with Crippen LogP contribution in [0, 0.1) is 0 Å². The maximum atomic E-state index is 2.61. The van der Waals surface area contributed by atoms with Gasteiger partial charge in [0.05, 0.1) is 0 Å². The average Bonchev–Trinajstić information content (AvgIpc) is 3.23. The number of nitrogens with zero attached hydrogens (tertiary/aromatic N) is 2. The standard InChI is InChI=1S/C23H30N2/c1-2-6-20(7-3-1)14-15-24-16-18-25(19-17-24)23-12-10-22(11-13-23)21-8-4-5-9-21/h1-3,6-7,10-13,21H,4-5,8-9,14-19H2. The highest BCUT2D eigenvalue weighted by atomic mass is 15.3. The zero-order chi connectivity index (χ0) is 16.9. The van der Waals surface area contributed by atoms with Crippen LogP contribution < -0.4 is 4.90 Å². The Kier molecular flexibility index (Phi) is 5.37. The Morgan fingerprint density at radius 1 is 0.760 bits per heavy atom. The molecule has 0 radical (unpaired) electrons. The predicted octanol–water partition coefficient (Wildman–Crippen LogP) is 4.71. The molecular formula is C23H30N2. The van der Waals surface area contributed by atoms with E-state index in [1.54, 1.807) is 5.56 Å². The molecule has 0 unspecified atom stereocenters. The van der Waals surface area contributed by atoms with E-state index in [1.165, 1.54) is 56.6 Å². The second kappa shape index (κ2) is 8.05. The lowest BCUT2D eigenvalue weighted by Crippen LogP contribution is -2.47. The van der Waals surface area contributed by atoms with Crippen molar-refractivity contribution in [2.24, 2.45) is 0 Å². The van der Waals surface area contributed by atoms with Crippen molar-refractivity contribution >= 4 is 5.69 Å². The molecule has 2 nitrogen and oxygen atoms in total. The zero-order valence-corrected chi connectivity index (χ0v) is 15.2. The van der Waals surface area contributed by atoms with Gasteiger partial charge in [-0.15, -0.1) is 0 Å². The summed E-state index contributed by atoms with van der Waals surface area (Å²) < 4.78 is 0. The summed E-state index contributed by atoms with van der Waals surface area (Å²) in [6.07, 6.45) is 6.77. The lowest BCUT2D eigenvalue weighted by molar-refractivity contribution is 0.261. The van der Waals surface area contributed by atoms with Crippen LogP contribution in [0.5, 0.6) is 0 Å². The van der Waals surface area contributed by atoms with E-state index >= 15 is 0 Å². The van der Waals surface area contributed by atoms with Gasteiger partial charge < -0.3 is 4.90 Å². The van der Waals surface area contributed by atoms with Crippen LogP contribution >= 0.6 is 0 Å². The maximum Gasteiger partial charge on any atom is 0.0367 e. The first-order chi connectivity index (χ1) is 12.4. The summed E-state index contributed by atoms with van der Waals surface area (Å²) in [7, 11) is 0. The van der Waals surface area contributed by atoms with Gasteiger partial charge in [0.1, 0.15) is 0 Å². The van der Waals surface area contributed by atoms with Crippen molar-refractivity contribution < 1.29 is 0 Å². The van der Waals surface area contributed by atoms with Gasteiger partial charge in [-0.1, -0.05) is 55.3 Å². The molecule has 0 amide bonds. The predicted molar refractivity (Wildman–Crippen MR) is 106 cm³/mol. The van der Waals surface area contributed by atoms with E-state index in [9.17, 15) is 0 Å². The van der Waals surface area contributed by atoms with Crippen molar-refractivity contribution in [1.29, 1.82) is 0 Å². The van der Waals surface area contributed by atoms with Crippen molar-refractivity contribution in [2.75, 3.05) is 37.6 Å². The fourth-order valence-corrected chi connectivity index (χ4v) is 4.38. The van der Waals surface area contributed by atoms with Gasteiger partial charge in [-0.3, -0.25) is 4.90 Å². The summed E-state index contributed by atoms with van der Waals surface area (Å²) in [4.78, 5) is 5.16. The van der Waals surface area contributed by atoms with Crippen LogP contribution in [0.1, 0.15) is 42.7 Å². The van der Waals surface area contributed by atoms with Crippen molar-refractivity contribution in [3.05, 3.63) is 65.7 Å². The number of rotatable bonds is 5. The summed E-state index contributed by atoms with van der Waals surface area (Å²) in [5.41, 5.74) is 4.42. The number of benzene rings is 2. The molecule has 132 valence electrons. The summed E-state index contributed by atoms with van der Waals surface area (Å²) in [5, 5.41) is 0. The Morgan fingerprint density at radius 3 is 2.12 bits per heavy atom. The SMILES string of the molecule is c1ccc(CCN2CCN(c3ccc(C4CCCC4)cc3)CC2)cc1. The molecule has 2 aliphatic rings. The molecule has 0 spiro atoms. The third-order valence-electron chi connectivity index (χ3n) is 6.02. The fourth-order valence-electron chi connectivity index (χ4n) is 4.38. The largest absolute Gasteiger partial charge is 0.369 e. The van der Waals surface area contributed by atoms with Gasteiger partial charge in [-0.2, -0.15) is 0 Å². The third-order valence-corrected chi connectivity index (χ3v) is 6.02. The minimum Gasteiger partial charge on any atom is -0.369 e. The van der Waals surface area contributed by atoms with Crippen LogP contribution in [-0.4, -0.2) is 37.6 Å². The van der Waals surface area contributed by atoms with E-state index in [4.69, 9.17) is 0 Å². The minimum absolute atomic E-state index is 0.823. The normalized spacial score (nSPS) is 19.4. The van der Waals surface area contributed by atoms with Gasteiger partial charge in [0.2, 0.25) is 0 Å². The molecule has 2 aromatic rings. The van der Waals surface area contributed by atoms with E-state index in [0.717, 1.165) is 25.4 Å². The van der Waals surface area contributed by atoms with E-state index in [1.807, 2.05) is 0 Å². The van der Waals surface area contributed by atoms with Crippen LogP contribution in [0.25, 0.3) is 0 Å². The molecule has 0 aromatic heterocycles. The Labute approximate surface area is 152 Å². The Hall–Kier alpha value is -1.80. The molecular weight excluding hydrogens is 304 g/mol. The van der Waals surface area contributed by atoms with Gasteiger partial charge in [0, 0.05) is 38.4 Å². The second-order valence-corrected chi connectivity index (χ2v) is 7.64. The lowest BCUT2D eigenvalue weighted by Gasteiger charge is -2.36. The molecule has 1 aliphatic heterocycles. The highest BCUT2D eigenvalue weighted by Gasteiger charge is 2.19. The topological polar surface area (TPSA) is 6.48 Å². The summed E-state index contributed by atoms with van der Waals surface area (Å²) in [6, 6.07) is 20.3. The molecule has 2 aromatic carbocycles. The zero-order valence-electron chi connectivity index (χ0n) is 15.2. The molecule has 2 fully saturated rings. The fraction of sp³-hybridized carbons (Fsp3) is 0.478. The second-order valence-electron chi connectivity index (χ2n) is 7.64. The molecule has 0 bridgehead atoms. The summed E-state index contributed by atoms with van der Waals surface area (Å²) >= 11 is 0. The van der Waals surface area contributed by atoms with E-state index in [-0.39, 0.29) is 0 Å². The van der Waals surface area contributed by atoms with Crippen molar-refractivity contribution in [3.8, 4) is 0 Å². The average molecular weight is 335 g/mol. The minimum atomic E-state index is 0.823. The van der Waals surface area contributed by atoms with Crippen LogP contribution in [-0.2, 0) is 6.42 Å². The molecule has 0 atom stereocenters.